The Hall–Kier alpha value is -1.64. The molecule has 1 aromatic carbocycles. The van der Waals surface area contributed by atoms with Crippen LogP contribution in [0.25, 0.3) is 0 Å². The third kappa shape index (κ3) is 4.43. The van der Waals surface area contributed by atoms with Crippen molar-refractivity contribution in [2.75, 3.05) is 31.1 Å². The van der Waals surface area contributed by atoms with Crippen LogP contribution in [0.2, 0.25) is 0 Å². The topological polar surface area (TPSA) is 107 Å². The number of aliphatic hydroxyl groups excluding tert-OH is 1. The van der Waals surface area contributed by atoms with E-state index < -0.39 is 16.0 Å². The van der Waals surface area contributed by atoms with E-state index in [9.17, 15) is 13.2 Å². The average Bonchev–Trinajstić information content (AvgIpc) is 2.55. The van der Waals surface area contributed by atoms with Crippen LogP contribution in [-0.4, -0.2) is 50.8 Å². The number of carbonyl (C=O) groups is 1. The van der Waals surface area contributed by atoms with Crippen LogP contribution in [0.15, 0.2) is 23.1 Å². The molecular formula is C15H22N2O5S. The van der Waals surface area contributed by atoms with Crippen molar-refractivity contribution in [1.29, 1.82) is 0 Å². The predicted octanol–water partition coefficient (Wildman–Crippen LogP) is 1.04. The number of hydrogen-bond acceptors (Lipinski definition) is 5. The maximum absolute atomic E-state index is 12.5. The van der Waals surface area contributed by atoms with E-state index in [1.54, 1.807) is 6.07 Å². The molecule has 8 heteroatoms. The third-order valence-electron chi connectivity index (χ3n) is 3.82. The van der Waals surface area contributed by atoms with Crippen LogP contribution in [-0.2, 0) is 10.0 Å². The SMILES string of the molecule is O=C(O)c1ccc(N2CCCCC2)c(S(=O)(=O)NCCCO)c1. The van der Waals surface area contributed by atoms with E-state index >= 15 is 0 Å². The van der Waals surface area contributed by atoms with Crippen molar-refractivity contribution in [2.45, 2.75) is 30.6 Å². The Morgan fingerprint density at radius 1 is 1.22 bits per heavy atom. The molecule has 2 rings (SSSR count). The normalized spacial score (nSPS) is 15.6. The molecule has 0 atom stereocenters. The number of carboxylic acid groups (broad SMARTS) is 1. The lowest BCUT2D eigenvalue weighted by Crippen LogP contribution is -2.33. The maximum Gasteiger partial charge on any atom is 0.335 e. The zero-order valence-corrected chi connectivity index (χ0v) is 13.7. The Morgan fingerprint density at radius 3 is 2.52 bits per heavy atom. The standard InChI is InChI=1S/C15H22N2O5S/c18-10-4-7-16-23(21,22)14-11-12(15(19)20)5-6-13(14)17-8-2-1-3-9-17/h5-6,11,16,18H,1-4,7-10H2,(H,19,20). The molecule has 23 heavy (non-hydrogen) atoms. The molecule has 1 saturated heterocycles. The van der Waals surface area contributed by atoms with E-state index in [0.717, 1.165) is 32.4 Å². The van der Waals surface area contributed by atoms with Gasteiger partial charge in [0.25, 0.3) is 0 Å². The summed E-state index contributed by atoms with van der Waals surface area (Å²) in [6, 6.07) is 4.20. The number of piperidine rings is 1. The molecule has 0 aliphatic carbocycles. The number of carboxylic acids is 1. The van der Waals surface area contributed by atoms with Crippen LogP contribution in [0.4, 0.5) is 5.69 Å². The molecule has 0 saturated carbocycles. The van der Waals surface area contributed by atoms with Gasteiger partial charge in [0.1, 0.15) is 4.90 Å². The van der Waals surface area contributed by atoms with Crippen molar-refractivity contribution in [2.24, 2.45) is 0 Å². The highest BCUT2D eigenvalue weighted by atomic mass is 32.2. The van der Waals surface area contributed by atoms with Gasteiger partial charge in [-0.05, 0) is 43.9 Å². The van der Waals surface area contributed by atoms with E-state index in [-0.39, 0.29) is 23.6 Å². The molecule has 0 radical (unpaired) electrons. The number of aromatic carboxylic acids is 1. The minimum Gasteiger partial charge on any atom is -0.478 e. The van der Waals surface area contributed by atoms with Crippen molar-refractivity contribution in [1.82, 2.24) is 4.72 Å². The summed E-state index contributed by atoms with van der Waals surface area (Å²) in [5.41, 5.74) is 0.472. The van der Waals surface area contributed by atoms with Gasteiger partial charge in [0.2, 0.25) is 10.0 Å². The van der Waals surface area contributed by atoms with Crippen LogP contribution in [0.3, 0.4) is 0 Å². The second-order valence-corrected chi connectivity index (χ2v) is 7.25. The summed E-state index contributed by atoms with van der Waals surface area (Å²) in [4.78, 5) is 13.1. The Morgan fingerprint density at radius 2 is 1.91 bits per heavy atom. The number of aliphatic hydroxyl groups is 1. The fourth-order valence-corrected chi connectivity index (χ4v) is 3.94. The zero-order valence-electron chi connectivity index (χ0n) is 12.9. The summed E-state index contributed by atoms with van der Waals surface area (Å²) in [5, 5.41) is 17.9. The average molecular weight is 342 g/mol. The first-order valence-corrected chi connectivity index (χ1v) is 9.17. The Balaban J connectivity index is 2.39. The highest BCUT2D eigenvalue weighted by Gasteiger charge is 2.24. The van der Waals surface area contributed by atoms with Crippen LogP contribution < -0.4 is 9.62 Å². The zero-order chi connectivity index (χ0) is 16.9. The summed E-state index contributed by atoms with van der Waals surface area (Å²) in [6.07, 6.45) is 3.38. The Bertz CT molecular complexity index is 654. The molecule has 1 aromatic rings. The molecule has 0 spiro atoms. The number of hydrogen-bond donors (Lipinski definition) is 3. The molecule has 0 amide bonds. The third-order valence-corrected chi connectivity index (χ3v) is 5.31. The van der Waals surface area contributed by atoms with Gasteiger partial charge in [-0.3, -0.25) is 0 Å². The minimum absolute atomic E-state index is 0.0164. The molecule has 0 unspecified atom stereocenters. The van der Waals surface area contributed by atoms with Gasteiger partial charge in [-0.15, -0.1) is 0 Å². The van der Waals surface area contributed by atoms with Crippen LogP contribution in [0.5, 0.6) is 0 Å². The first kappa shape index (κ1) is 17.7. The summed E-state index contributed by atoms with van der Waals surface area (Å²) in [5.74, 6) is -1.16. The quantitative estimate of drug-likeness (QED) is 0.639. The largest absolute Gasteiger partial charge is 0.478 e. The van der Waals surface area contributed by atoms with Crippen molar-refractivity contribution in [3.05, 3.63) is 23.8 Å². The molecular weight excluding hydrogens is 320 g/mol. The van der Waals surface area contributed by atoms with Crippen LogP contribution >= 0.6 is 0 Å². The van der Waals surface area contributed by atoms with E-state index in [0.29, 0.717) is 12.1 Å². The lowest BCUT2D eigenvalue weighted by atomic mass is 10.1. The second kappa shape index (κ2) is 7.76. The van der Waals surface area contributed by atoms with Crippen molar-refractivity contribution in [3.8, 4) is 0 Å². The molecule has 0 aromatic heterocycles. The van der Waals surface area contributed by atoms with Crippen LogP contribution in [0.1, 0.15) is 36.0 Å². The first-order valence-electron chi connectivity index (χ1n) is 7.68. The Kier molecular flexibility index (Phi) is 5.97. The number of nitrogens with zero attached hydrogens (tertiary/aromatic N) is 1. The number of benzene rings is 1. The van der Waals surface area contributed by atoms with E-state index in [2.05, 4.69) is 4.72 Å². The van der Waals surface area contributed by atoms with E-state index in [1.807, 2.05) is 4.90 Å². The van der Waals surface area contributed by atoms with Gasteiger partial charge in [0.15, 0.2) is 0 Å². The molecule has 1 aliphatic heterocycles. The van der Waals surface area contributed by atoms with E-state index in [1.165, 1.54) is 12.1 Å². The van der Waals surface area contributed by atoms with Gasteiger partial charge in [-0.25, -0.2) is 17.9 Å². The van der Waals surface area contributed by atoms with Gasteiger partial charge in [0, 0.05) is 26.2 Å². The summed E-state index contributed by atoms with van der Waals surface area (Å²) >= 11 is 0. The van der Waals surface area contributed by atoms with Crippen LogP contribution in [0, 0.1) is 0 Å². The summed E-state index contributed by atoms with van der Waals surface area (Å²) in [6.45, 7) is 1.50. The fraction of sp³-hybridized carbons (Fsp3) is 0.533. The highest BCUT2D eigenvalue weighted by Crippen LogP contribution is 2.29. The summed E-state index contributed by atoms with van der Waals surface area (Å²) < 4.78 is 27.5. The molecule has 7 nitrogen and oxygen atoms in total. The van der Waals surface area contributed by atoms with Gasteiger partial charge in [-0.2, -0.15) is 0 Å². The Labute approximate surface area is 136 Å². The predicted molar refractivity (Wildman–Crippen MR) is 86.4 cm³/mol. The molecule has 128 valence electrons. The molecule has 1 fully saturated rings. The van der Waals surface area contributed by atoms with Gasteiger partial charge < -0.3 is 15.1 Å². The lowest BCUT2D eigenvalue weighted by Gasteiger charge is -2.30. The van der Waals surface area contributed by atoms with Crippen molar-refractivity contribution < 1.29 is 23.4 Å². The van der Waals surface area contributed by atoms with Gasteiger partial charge in [-0.1, -0.05) is 0 Å². The number of nitrogens with one attached hydrogen (secondary N) is 1. The van der Waals surface area contributed by atoms with Crippen molar-refractivity contribution >= 4 is 21.7 Å². The molecule has 0 bridgehead atoms. The van der Waals surface area contributed by atoms with E-state index in [4.69, 9.17) is 10.2 Å². The number of sulfonamides is 1. The first-order chi connectivity index (χ1) is 11.0. The fourth-order valence-electron chi connectivity index (χ4n) is 2.62. The summed E-state index contributed by atoms with van der Waals surface area (Å²) in [7, 11) is -3.83. The minimum atomic E-state index is -3.83. The second-order valence-electron chi connectivity index (χ2n) is 5.51. The molecule has 1 aliphatic rings. The number of anilines is 1. The van der Waals surface area contributed by atoms with Crippen molar-refractivity contribution in [3.63, 3.8) is 0 Å². The maximum atomic E-state index is 12.5. The molecule has 1 heterocycles. The van der Waals surface area contributed by atoms with Gasteiger partial charge in [0.05, 0.1) is 11.3 Å². The molecule has 3 N–H and O–H groups in total. The number of rotatable bonds is 7. The monoisotopic (exact) mass is 342 g/mol. The smallest absolute Gasteiger partial charge is 0.335 e. The lowest BCUT2D eigenvalue weighted by molar-refractivity contribution is 0.0696. The highest BCUT2D eigenvalue weighted by molar-refractivity contribution is 7.89. The van der Waals surface area contributed by atoms with Gasteiger partial charge >= 0.3 is 5.97 Å².